The Labute approximate surface area is 315 Å². The Hall–Kier alpha value is -4.67. The van der Waals surface area contributed by atoms with Crippen LogP contribution in [-0.2, 0) is 20.8 Å². The van der Waals surface area contributed by atoms with Crippen molar-refractivity contribution < 1.29 is 51.0 Å². The number of anilines is 1. The molecular weight excluding hydrogens is 734 g/mol. The van der Waals surface area contributed by atoms with E-state index in [1.165, 1.54) is 28.8 Å². The molecule has 0 radical (unpaired) electrons. The van der Waals surface area contributed by atoms with Gasteiger partial charge in [-0.3, -0.25) is 20.4 Å². The van der Waals surface area contributed by atoms with Crippen molar-refractivity contribution in [2.24, 2.45) is 11.3 Å². The normalized spacial score (nSPS) is 21.3. The molecule has 0 aromatic heterocycles. The zero-order valence-electron chi connectivity index (χ0n) is 30.9. The van der Waals surface area contributed by atoms with Gasteiger partial charge in [0.1, 0.15) is 17.0 Å². The minimum Gasteiger partial charge on any atom is -0.444 e. The monoisotopic (exact) mass is 779 g/mol. The number of carbonyl (C=O) groups is 4. The maximum atomic E-state index is 13.5. The van der Waals surface area contributed by atoms with Crippen LogP contribution in [0.25, 0.3) is 0 Å². The third-order valence-electron chi connectivity index (χ3n) is 8.88. The number of ether oxygens (including phenoxy) is 3. The van der Waals surface area contributed by atoms with Crippen molar-refractivity contribution in [3.8, 4) is 5.75 Å². The van der Waals surface area contributed by atoms with Gasteiger partial charge in [0.25, 0.3) is 5.91 Å². The van der Waals surface area contributed by atoms with Gasteiger partial charge in [-0.1, -0.05) is 18.7 Å². The van der Waals surface area contributed by atoms with Gasteiger partial charge in [0, 0.05) is 41.5 Å². The summed E-state index contributed by atoms with van der Waals surface area (Å²) in [5.74, 6) is -1.03. The van der Waals surface area contributed by atoms with E-state index in [2.05, 4.69) is 27.5 Å². The number of rotatable bonds is 8. The molecule has 2 aromatic rings. The van der Waals surface area contributed by atoms with E-state index < -0.39 is 64.9 Å². The number of piperidine rings is 2. The molecular formula is C37H45F4N5O7S. The number of alkyl halides is 4. The van der Waals surface area contributed by atoms with Crippen molar-refractivity contribution in [1.82, 2.24) is 21.1 Å². The highest BCUT2D eigenvalue weighted by Gasteiger charge is 2.56. The fourth-order valence-corrected chi connectivity index (χ4v) is 7.60. The van der Waals surface area contributed by atoms with Gasteiger partial charge in [-0.25, -0.2) is 9.59 Å². The largest absolute Gasteiger partial charge is 0.461 e. The number of thioether (sulfide) groups is 1. The fraction of sp³-hybridized carbons (Fsp3) is 0.514. The highest BCUT2D eigenvalue weighted by atomic mass is 32.2. The Balaban J connectivity index is 1.33. The van der Waals surface area contributed by atoms with Crippen molar-refractivity contribution in [2.75, 3.05) is 23.7 Å². The molecule has 2 bridgehead atoms. The molecule has 294 valence electrons. The predicted molar refractivity (Wildman–Crippen MR) is 192 cm³/mol. The lowest BCUT2D eigenvalue weighted by Gasteiger charge is -2.54. The molecule has 1 aliphatic carbocycles. The molecule has 4 aliphatic rings. The van der Waals surface area contributed by atoms with E-state index in [1.54, 1.807) is 64.6 Å². The van der Waals surface area contributed by atoms with Crippen LogP contribution in [0.1, 0.15) is 70.3 Å². The fourth-order valence-electron chi connectivity index (χ4n) is 6.50. The second kappa shape index (κ2) is 15.2. The minimum atomic E-state index is -4.68. The summed E-state index contributed by atoms with van der Waals surface area (Å²) in [5.41, 5.74) is 4.33. The van der Waals surface area contributed by atoms with E-state index in [-0.39, 0.29) is 24.6 Å². The van der Waals surface area contributed by atoms with Gasteiger partial charge >= 0.3 is 24.7 Å². The SMILES string of the molecule is C=C1[C@@H](NC(=O)OC(C)(C)C)CSc2ccc(C(=O)NNC(=O)C34CC(CN(C(=O)OC(C)(C)C)C3)C4)cc2N1Cc1ccc(OC(F)(F)C(F)F)cc1. The Morgan fingerprint density at radius 1 is 0.963 bits per heavy atom. The Bertz CT molecular complexity index is 1770. The van der Waals surface area contributed by atoms with Crippen LogP contribution in [0.15, 0.2) is 59.6 Å². The van der Waals surface area contributed by atoms with Crippen LogP contribution in [0.3, 0.4) is 0 Å². The van der Waals surface area contributed by atoms with Crippen LogP contribution >= 0.6 is 11.8 Å². The van der Waals surface area contributed by atoms with Gasteiger partial charge < -0.3 is 29.3 Å². The molecule has 17 heteroatoms. The molecule has 12 nitrogen and oxygen atoms in total. The lowest BCUT2D eigenvalue weighted by molar-refractivity contribution is -0.253. The number of nitrogens with zero attached hydrogens (tertiary/aromatic N) is 2. The van der Waals surface area contributed by atoms with Crippen molar-refractivity contribution in [2.45, 2.75) is 95.6 Å². The topological polar surface area (TPSA) is 139 Å². The number of carbonyl (C=O) groups excluding carboxylic acids is 4. The van der Waals surface area contributed by atoms with Gasteiger partial charge in [0.05, 0.1) is 17.1 Å². The number of halogens is 4. The first-order valence-corrected chi connectivity index (χ1v) is 18.3. The number of alkyl carbamates (subject to hydrolysis) is 1. The third-order valence-corrected chi connectivity index (χ3v) is 10.0. The molecule has 3 heterocycles. The van der Waals surface area contributed by atoms with Crippen LogP contribution in [-0.4, -0.2) is 77.5 Å². The Kier molecular flexibility index (Phi) is 11.4. The molecule has 0 spiro atoms. The molecule has 6 rings (SSSR count). The number of nitrogens with one attached hydrogen (secondary N) is 3. The first kappa shape index (κ1) is 40.5. The van der Waals surface area contributed by atoms with Gasteiger partial charge in [-0.15, -0.1) is 11.8 Å². The van der Waals surface area contributed by atoms with Gasteiger partial charge in [-0.2, -0.15) is 17.6 Å². The molecule has 3 aliphatic heterocycles. The van der Waals surface area contributed by atoms with Crippen LogP contribution in [0, 0.1) is 11.3 Å². The first-order chi connectivity index (χ1) is 25.0. The quantitative estimate of drug-likeness (QED) is 0.194. The standard InChI is InChI=1S/C37H45F4N5O7S/c1-21-26(42-32(49)52-34(2,3)4)19-54-28-13-10-24(14-27(28)46(21)18-22-8-11-25(12-9-22)51-37(40,41)30(38)39)29(47)43-44-31(48)36-15-23(16-36)17-45(20-36)33(50)53-35(5,6)7/h8-14,23,26,30H,1,15-20H2,2-7H3,(H,42,49)(H,43,47)(H,44,48)/t23?,26-,36?/m0/s1. The van der Waals surface area contributed by atoms with E-state index in [4.69, 9.17) is 9.47 Å². The lowest BCUT2D eigenvalue weighted by Crippen LogP contribution is -2.65. The minimum absolute atomic E-state index is 0.0596. The Morgan fingerprint density at radius 2 is 1.61 bits per heavy atom. The predicted octanol–water partition coefficient (Wildman–Crippen LogP) is 6.85. The van der Waals surface area contributed by atoms with Crippen molar-refractivity contribution in [1.29, 1.82) is 0 Å². The number of hydrazine groups is 1. The highest BCUT2D eigenvalue weighted by Crippen LogP contribution is 2.51. The summed E-state index contributed by atoms with van der Waals surface area (Å²) in [6, 6.07) is 9.34. The molecule has 2 saturated heterocycles. The van der Waals surface area contributed by atoms with Gasteiger partial charge in [-0.05, 0) is 96.2 Å². The number of hydrogen-bond donors (Lipinski definition) is 3. The molecule has 2 aromatic carbocycles. The molecule has 1 atom stereocenters. The smallest absolute Gasteiger partial charge is 0.444 e. The summed E-state index contributed by atoms with van der Waals surface area (Å²) >= 11 is 1.38. The molecule has 3 fully saturated rings. The summed E-state index contributed by atoms with van der Waals surface area (Å²) in [7, 11) is 0. The average Bonchev–Trinajstić information content (AvgIpc) is 3.17. The summed E-state index contributed by atoms with van der Waals surface area (Å²) in [4.78, 5) is 56.4. The summed E-state index contributed by atoms with van der Waals surface area (Å²) in [6.07, 6.45) is -8.73. The van der Waals surface area contributed by atoms with Crippen LogP contribution in [0.4, 0.5) is 32.8 Å². The Morgan fingerprint density at radius 3 is 2.22 bits per heavy atom. The zero-order valence-corrected chi connectivity index (χ0v) is 31.7. The van der Waals surface area contributed by atoms with Crippen LogP contribution in [0.5, 0.6) is 5.75 Å². The van der Waals surface area contributed by atoms with E-state index in [0.29, 0.717) is 47.0 Å². The molecule has 4 amide bonds. The summed E-state index contributed by atoms with van der Waals surface area (Å²) < 4.78 is 67.6. The van der Waals surface area contributed by atoms with Crippen molar-refractivity contribution in [3.63, 3.8) is 0 Å². The molecule has 54 heavy (non-hydrogen) atoms. The molecule has 0 unspecified atom stereocenters. The second-order valence-corrected chi connectivity index (χ2v) is 16.8. The van der Waals surface area contributed by atoms with E-state index >= 15 is 0 Å². The summed E-state index contributed by atoms with van der Waals surface area (Å²) in [6.45, 7) is 15.4. The van der Waals surface area contributed by atoms with E-state index in [0.717, 1.165) is 12.1 Å². The first-order valence-electron chi connectivity index (χ1n) is 17.3. The van der Waals surface area contributed by atoms with Crippen molar-refractivity contribution >= 4 is 41.5 Å². The zero-order chi connectivity index (χ0) is 39.8. The number of benzene rings is 2. The maximum absolute atomic E-state index is 13.5. The summed E-state index contributed by atoms with van der Waals surface area (Å²) in [5, 5.41) is 2.83. The van der Waals surface area contributed by atoms with Crippen LogP contribution < -0.4 is 25.8 Å². The van der Waals surface area contributed by atoms with Gasteiger partial charge in [0.2, 0.25) is 5.91 Å². The van der Waals surface area contributed by atoms with E-state index in [1.807, 2.05) is 0 Å². The van der Waals surface area contributed by atoms with E-state index in [9.17, 15) is 36.7 Å². The second-order valence-electron chi connectivity index (χ2n) is 15.7. The molecule has 1 saturated carbocycles. The average molecular weight is 780 g/mol. The maximum Gasteiger partial charge on any atom is 0.461 e. The number of amides is 4. The molecule has 3 N–H and O–H groups in total. The van der Waals surface area contributed by atoms with Crippen LogP contribution in [0.2, 0.25) is 0 Å². The van der Waals surface area contributed by atoms with Crippen molar-refractivity contribution in [3.05, 3.63) is 65.9 Å². The third kappa shape index (κ3) is 9.70. The highest BCUT2D eigenvalue weighted by molar-refractivity contribution is 7.99. The lowest BCUT2D eigenvalue weighted by atomic mass is 9.58. The van der Waals surface area contributed by atoms with Gasteiger partial charge in [0.15, 0.2) is 0 Å². The number of fused-ring (bicyclic) bond motifs is 3. The number of hydrogen-bond acceptors (Lipinski definition) is 9.